The third kappa shape index (κ3) is 4.96. The van der Waals surface area contributed by atoms with Crippen LogP contribution < -0.4 is 4.90 Å². The Morgan fingerprint density at radius 3 is 2.61 bits per heavy atom. The molecule has 0 spiro atoms. The van der Waals surface area contributed by atoms with Gasteiger partial charge in [-0.2, -0.15) is 0 Å². The predicted molar refractivity (Wildman–Crippen MR) is 150 cm³/mol. The van der Waals surface area contributed by atoms with E-state index < -0.39 is 0 Å². The summed E-state index contributed by atoms with van der Waals surface area (Å²) in [6.45, 7) is 10.6. The monoisotopic (exact) mass is 522 g/mol. The normalized spacial score (nSPS) is 15.1. The summed E-state index contributed by atoms with van der Waals surface area (Å²) >= 11 is 3.23. The molecule has 0 radical (unpaired) electrons. The molecule has 0 atom stereocenters. The highest BCUT2D eigenvalue weighted by atomic mass is 32.2. The number of aromatic nitrogens is 3. The van der Waals surface area contributed by atoms with Gasteiger partial charge in [-0.15, -0.1) is 11.3 Å². The minimum atomic E-state index is -0.237. The molecule has 8 heteroatoms. The molecule has 4 aromatic rings. The molecular formula is C28H34N4O2S2. The Hall–Kier alpha value is -2.26. The van der Waals surface area contributed by atoms with Gasteiger partial charge in [-0.1, -0.05) is 55.9 Å². The van der Waals surface area contributed by atoms with E-state index in [1.165, 1.54) is 16.7 Å². The Morgan fingerprint density at radius 2 is 1.92 bits per heavy atom. The first kappa shape index (κ1) is 25.4. The highest BCUT2D eigenvalue weighted by Gasteiger charge is 2.32. The van der Waals surface area contributed by atoms with Crippen molar-refractivity contribution in [2.45, 2.75) is 64.4 Å². The van der Waals surface area contributed by atoms with E-state index in [1.807, 2.05) is 24.5 Å². The Bertz CT molecular complexity index is 1390. The number of fused-ring (bicyclic) bond motifs is 5. The van der Waals surface area contributed by atoms with E-state index in [9.17, 15) is 5.11 Å². The zero-order chi connectivity index (χ0) is 25.4. The van der Waals surface area contributed by atoms with Gasteiger partial charge >= 0.3 is 0 Å². The van der Waals surface area contributed by atoms with Crippen molar-refractivity contribution in [2.24, 2.45) is 5.92 Å². The molecule has 1 N–H and O–H groups in total. The number of hydrogen-bond acceptors (Lipinski definition) is 8. The summed E-state index contributed by atoms with van der Waals surface area (Å²) in [6.07, 6.45) is 3.77. The van der Waals surface area contributed by atoms with Gasteiger partial charge in [0, 0.05) is 36.2 Å². The van der Waals surface area contributed by atoms with Gasteiger partial charge < -0.3 is 14.7 Å². The highest BCUT2D eigenvalue weighted by Crippen LogP contribution is 2.44. The average Bonchev–Trinajstić information content (AvgIpc) is 3.21. The van der Waals surface area contributed by atoms with Gasteiger partial charge in [-0.05, 0) is 43.6 Å². The van der Waals surface area contributed by atoms with Crippen LogP contribution in [-0.2, 0) is 30.7 Å². The summed E-state index contributed by atoms with van der Waals surface area (Å²) in [4.78, 5) is 18.4. The second-order valence-corrected chi connectivity index (χ2v) is 12.2. The van der Waals surface area contributed by atoms with Crippen molar-refractivity contribution in [3.63, 3.8) is 0 Å². The number of thiophene rings is 1. The van der Waals surface area contributed by atoms with Gasteiger partial charge in [0.1, 0.15) is 4.83 Å². The van der Waals surface area contributed by atoms with E-state index in [4.69, 9.17) is 19.7 Å². The molecule has 0 unspecified atom stereocenters. The Kier molecular flexibility index (Phi) is 7.23. The molecule has 1 aliphatic heterocycles. The van der Waals surface area contributed by atoms with Crippen LogP contribution >= 0.6 is 23.1 Å². The summed E-state index contributed by atoms with van der Waals surface area (Å²) in [5, 5.41) is 11.8. The number of aliphatic hydroxyl groups is 1. The number of thioether (sulfide) groups is 1. The SMILES string of the molecule is CSc1nc(N(CCO)Cc2ccccc2)c2sc3nc(CC(C)C)c4c(c3c2n1)CC(C)(C)OC4. The molecule has 36 heavy (non-hydrogen) atoms. The first-order valence-electron chi connectivity index (χ1n) is 12.5. The van der Waals surface area contributed by atoms with Crippen LogP contribution in [0, 0.1) is 5.92 Å². The standard InChI is InChI=1S/C28H34N4O2S2/c1-17(2)13-21-20-16-34-28(3,4)14-19(20)22-23-24(36-26(22)29-21)25(31-27(30-23)35-5)32(11-12-33)15-18-9-7-6-8-10-18/h6-10,17,33H,11-16H2,1-5H3. The summed E-state index contributed by atoms with van der Waals surface area (Å²) in [5.41, 5.74) is 5.62. The fourth-order valence-corrected chi connectivity index (χ4v) is 6.49. The molecule has 190 valence electrons. The Labute approximate surface area is 221 Å². The largest absolute Gasteiger partial charge is 0.395 e. The Balaban J connectivity index is 1.76. The summed E-state index contributed by atoms with van der Waals surface area (Å²) < 4.78 is 7.28. The van der Waals surface area contributed by atoms with E-state index in [0.717, 1.165) is 49.9 Å². The fourth-order valence-electron chi connectivity index (χ4n) is 4.95. The van der Waals surface area contributed by atoms with Crippen LogP contribution in [0.3, 0.4) is 0 Å². The van der Waals surface area contributed by atoms with Gasteiger partial charge in [-0.25, -0.2) is 15.0 Å². The van der Waals surface area contributed by atoms with Gasteiger partial charge in [0.2, 0.25) is 0 Å². The lowest BCUT2D eigenvalue weighted by atomic mass is 9.88. The number of benzene rings is 1. The number of hydrogen-bond donors (Lipinski definition) is 1. The molecule has 1 aromatic carbocycles. The molecule has 4 heterocycles. The number of nitrogens with zero attached hydrogens (tertiary/aromatic N) is 4. The van der Waals surface area contributed by atoms with E-state index in [0.29, 0.717) is 25.6 Å². The molecule has 0 saturated heterocycles. The summed E-state index contributed by atoms with van der Waals surface area (Å²) in [6, 6.07) is 10.3. The topological polar surface area (TPSA) is 71.4 Å². The number of ether oxygens (including phenoxy) is 1. The number of rotatable bonds is 8. The first-order chi connectivity index (χ1) is 17.3. The van der Waals surface area contributed by atoms with Crippen molar-refractivity contribution >= 4 is 49.3 Å². The molecule has 0 bridgehead atoms. The van der Waals surface area contributed by atoms with Crippen molar-refractivity contribution in [2.75, 3.05) is 24.3 Å². The highest BCUT2D eigenvalue weighted by molar-refractivity contribution is 7.98. The average molecular weight is 523 g/mol. The van der Waals surface area contributed by atoms with Gasteiger partial charge in [0.25, 0.3) is 0 Å². The Morgan fingerprint density at radius 1 is 1.14 bits per heavy atom. The van der Waals surface area contributed by atoms with Crippen molar-refractivity contribution < 1.29 is 9.84 Å². The fraction of sp³-hybridized carbons (Fsp3) is 0.464. The van der Waals surface area contributed by atoms with Crippen LogP contribution in [0.1, 0.15) is 50.1 Å². The zero-order valence-electron chi connectivity index (χ0n) is 21.7. The third-order valence-electron chi connectivity index (χ3n) is 6.61. The van der Waals surface area contributed by atoms with Crippen LogP contribution in [0.2, 0.25) is 0 Å². The zero-order valence-corrected chi connectivity index (χ0v) is 23.3. The minimum Gasteiger partial charge on any atom is -0.395 e. The molecule has 0 fully saturated rings. The van der Waals surface area contributed by atoms with Crippen LogP contribution in [0.15, 0.2) is 35.5 Å². The molecule has 6 nitrogen and oxygen atoms in total. The molecule has 5 rings (SSSR count). The van der Waals surface area contributed by atoms with Crippen molar-refractivity contribution in [3.05, 3.63) is 52.7 Å². The number of pyridine rings is 1. The van der Waals surface area contributed by atoms with Crippen LogP contribution in [-0.4, -0.2) is 45.1 Å². The van der Waals surface area contributed by atoms with Crippen LogP contribution in [0.5, 0.6) is 0 Å². The van der Waals surface area contributed by atoms with Crippen molar-refractivity contribution in [3.8, 4) is 0 Å². The molecule has 3 aromatic heterocycles. The lowest BCUT2D eigenvalue weighted by Crippen LogP contribution is -2.33. The smallest absolute Gasteiger partial charge is 0.189 e. The van der Waals surface area contributed by atoms with Crippen molar-refractivity contribution in [1.82, 2.24) is 15.0 Å². The second kappa shape index (κ2) is 10.2. The molecule has 0 saturated carbocycles. The van der Waals surface area contributed by atoms with Crippen molar-refractivity contribution in [1.29, 1.82) is 0 Å². The van der Waals surface area contributed by atoms with E-state index >= 15 is 0 Å². The third-order valence-corrected chi connectivity index (χ3v) is 8.22. The first-order valence-corrected chi connectivity index (χ1v) is 14.6. The van der Waals surface area contributed by atoms with Crippen LogP contribution in [0.25, 0.3) is 20.4 Å². The maximum atomic E-state index is 9.94. The quantitative estimate of drug-likeness (QED) is 0.224. The van der Waals surface area contributed by atoms with Gasteiger partial charge in [-0.3, -0.25) is 0 Å². The molecule has 0 amide bonds. The maximum absolute atomic E-state index is 9.94. The van der Waals surface area contributed by atoms with Gasteiger partial charge in [0.15, 0.2) is 11.0 Å². The van der Waals surface area contributed by atoms with E-state index in [-0.39, 0.29) is 12.2 Å². The second-order valence-electron chi connectivity index (χ2n) is 10.5. The van der Waals surface area contributed by atoms with Crippen LogP contribution in [0.4, 0.5) is 5.82 Å². The van der Waals surface area contributed by atoms with Gasteiger partial charge in [0.05, 0.1) is 29.0 Å². The van der Waals surface area contributed by atoms with E-state index in [2.05, 4.69) is 44.7 Å². The maximum Gasteiger partial charge on any atom is 0.189 e. The predicted octanol–water partition coefficient (Wildman–Crippen LogP) is 6.01. The number of anilines is 1. The molecule has 0 aliphatic carbocycles. The minimum absolute atomic E-state index is 0.0511. The summed E-state index contributed by atoms with van der Waals surface area (Å²) in [7, 11) is 0. The molecular weight excluding hydrogens is 488 g/mol. The lowest BCUT2D eigenvalue weighted by Gasteiger charge is -2.33. The lowest BCUT2D eigenvalue weighted by molar-refractivity contribution is -0.0402. The molecule has 1 aliphatic rings. The number of aliphatic hydroxyl groups excluding tert-OH is 1. The van der Waals surface area contributed by atoms with E-state index in [1.54, 1.807) is 23.1 Å². The summed E-state index contributed by atoms with van der Waals surface area (Å²) in [5.74, 6) is 1.38.